The van der Waals surface area contributed by atoms with E-state index >= 15 is 0 Å². The fourth-order valence-corrected chi connectivity index (χ4v) is 0.877. The second-order valence-corrected chi connectivity index (χ2v) is 2.74. The Balaban J connectivity index is 2.93. The number of aromatic nitrogens is 1. The number of hydrogen-bond donors (Lipinski definition) is 2. The molecule has 1 aromatic rings. The van der Waals surface area contributed by atoms with E-state index < -0.39 is 0 Å². The first kappa shape index (κ1) is 8.52. The third-order valence-corrected chi connectivity index (χ3v) is 1.61. The Hall–Kier alpha value is -1.58. The first-order valence-electron chi connectivity index (χ1n) is 3.64. The lowest BCUT2D eigenvalue weighted by Gasteiger charge is -2.11. The summed E-state index contributed by atoms with van der Waals surface area (Å²) in [5, 5.41) is 7.14. The van der Waals surface area contributed by atoms with E-state index in [4.69, 9.17) is 11.1 Å². The molecule has 4 heteroatoms. The lowest BCUT2D eigenvalue weighted by Crippen LogP contribution is -2.47. The summed E-state index contributed by atoms with van der Waals surface area (Å²) in [6.07, 6.45) is 3.52. The molecular weight excluding hydrogens is 152 g/mol. The van der Waals surface area contributed by atoms with Crippen LogP contribution in [0.3, 0.4) is 0 Å². The van der Waals surface area contributed by atoms with Crippen molar-refractivity contribution < 1.29 is 4.57 Å². The Morgan fingerprint density at radius 1 is 1.42 bits per heavy atom. The van der Waals surface area contributed by atoms with Crippen molar-refractivity contribution in [1.29, 1.82) is 5.41 Å². The van der Waals surface area contributed by atoms with Gasteiger partial charge >= 0.3 is 5.96 Å². The fourth-order valence-electron chi connectivity index (χ4n) is 0.877. The monoisotopic (exact) mass is 165 g/mol. The van der Waals surface area contributed by atoms with Gasteiger partial charge in [-0.2, -0.15) is 0 Å². The van der Waals surface area contributed by atoms with Crippen LogP contribution in [-0.4, -0.2) is 20.1 Å². The normalized spacial score (nSPS) is 9.50. The summed E-state index contributed by atoms with van der Waals surface area (Å²) in [5.41, 5.74) is 6.36. The number of nitrogens with zero attached hydrogens (tertiary/aromatic N) is 2. The van der Waals surface area contributed by atoms with Crippen LogP contribution in [0.4, 0.5) is 5.69 Å². The number of hydrogen-bond acceptors (Lipinski definition) is 2. The summed E-state index contributed by atoms with van der Waals surface area (Å²) in [6, 6.07) is 3.81. The van der Waals surface area contributed by atoms with Crippen LogP contribution in [0.1, 0.15) is 0 Å². The molecule has 3 N–H and O–H groups in total. The van der Waals surface area contributed by atoms with Gasteiger partial charge in [0.25, 0.3) is 0 Å². The molecule has 4 nitrogen and oxygen atoms in total. The highest BCUT2D eigenvalue weighted by molar-refractivity contribution is 5.64. The van der Waals surface area contributed by atoms with Gasteiger partial charge in [0, 0.05) is 19.8 Å². The van der Waals surface area contributed by atoms with Gasteiger partial charge in [-0.25, -0.2) is 4.57 Å². The van der Waals surface area contributed by atoms with Gasteiger partial charge in [0.15, 0.2) is 0 Å². The molecule has 0 atom stereocenters. The van der Waals surface area contributed by atoms with Crippen molar-refractivity contribution in [3.8, 4) is 0 Å². The predicted octanol–water partition coefficient (Wildman–Crippen LogP) is -0.218. The molecule has 12 heavy (non-hydrogen) atoms. The number of nitrogen functional groups attached to an aromatic ring is 1. The molecular formula is C8H13N4+. The summed E-state index contributed by atoms with van der Waals surface area (Å²) in [4.78, 5) is 1.99. The molecule has 0 spiro atoms. The Bertz CT molecular complexity index is 276. The Morgan fingerprint density at radius 2 is 1.92 bits per heavy atom. The molecule has 0 unspecified atom stereocenters. The van der Waals surface area contributed by atoms with Crippen LogP contribution >= 0.6 is 0 Å². The summed E-state index contributed by atoms with van der Waals surface area (Å²) < 4.78 is 1.55. The van der Waals surface area contributed by atoms with Crippen LogP contribution < -0.4 is 15.2 Å². The van der Waals surface area contributed by atoms with E-state index in [2.05, 4.69) is 0 Å². The maximum absolute atomic E-state index is 7.14. The van der Waals surface area contributed by atoms with Crippen molar-refractivity contribution in [2.24, 2.45) is 5.73 Å². The van der Waals surface area contributed by atoms with E-state index in [9.17, 15) is 0 Å². The minimum absolute atomic E-state index is 0.0281. The van der Waals surface area contributed by atoms with E-state index in [1.54, 1.807) is 17.0 Å². The Morgan fingerprint density at radius 3 is 2.25 bits per heavy atom. The predicted molar refractivity (Wildman–Crippen MR) is 48.3 cm³/mol. The highest BCUT2D eigenvalue weighted by Gasteiger charge is 2.00. The van der Waals surface area contributed by atoms with Crippen molar-refractivity contribution >= 4 is 11.6 Å². The SMILES string of the molecule is CN(C)c1cc[n+](C(=N)N)cc1. The zero-order valence-corrected chi connectivity index (χ0v) is 7.28. The topological polar surface area (TPSA) is 57.0 Å². The van der Waals surface area contributed by atoms with Gasteiger partial charge in [-0.1, -0.05) is 0 Å². The van der Waals surface area contributed by atoms with Gasteiger partial charge in [-0.3, -0.25) is 5.73 Å². The van der Waals surface area contributed by atoms with Crippen molar-refractivity contribution in [1.82, 2.24) is 0 Å². The molecule has 1 aromatic heterocycles. The van der Waals surface area contributed by atoms with Gasteiger partial charge in [0.1, 0.15) is 0 Å². The lowest BCUT2D eigenvalue weighted by atomic mass is 10.4. The van der Waals surface area contributed by atoms with Crippen molar-refractivity contribution in [2.75, 3.05) is 19.0 Å². The van der Waals surface area contributed by atoms with Gasteiger partial charge in [-0.05, 0) is 12.1 Å². The molecule has 0 aromatic carbocycles. The Labute approximate surface area is 71.7 Å². The fraction of sp³-hybridized carbons (Fsp3) is 0.250. The van der Waals surface area contributed by atoms with E-state index in [0.717, 1.165) is 5.69 Å². The molecule has 0 bridgehead atoms. The smallest absolute Gasteiger partial charge is 0.377 e. The number of rotatable bonds is 1. The van der Waals surface area contributed by atoms with Crippen molar-refractivity contribution in [3.05, 3.63) is 24.5 Å². The number of anilines is 1. The summed E-state index contributed by atoms with van der Waals surface area (Å²) in [7, 11) is 3.93. The molecule has 64 valence electrons. The largest absolute Gasteiger partial charge is 0.386 e. The third kappa shape index (κ3) is 1.72. The minimum Gasteiger partial charge on any atom is -0.377 e. The molecule has 0 fully saturated rings. The van der Waals surface area contributed by atoms with Gasteiger partial charge < -0.3 is 4.90 Å². The van der Waals surface area contributed by atoms with E-state index in [-0.39, 0.29) is 5.96 Å². The minimum atomic E-state index is 0.0281. The van der Waals surface area contributed by atoms with E-state index in [0.29, 0.717) is 0 Å². The van der Waals surface area contributed by atoms with Gasteiger partial charge in [-0.15, -0.1) is 5.41 Å². The number of pyridine rings is 1. The van der Waals surface area contributed by atoms with Gasteiger partial charge in [0.2, 0.25) is 0 Å². The quantitative estimate of drug-likeness (QED) is 0.343. The first-order valence-corrected chi connectivity index (χ1v) is 3.64. The van der Waals surface area contributed by atoms with Crippen LogP contribution in [0.15, 0.2) is 24.5 Å². The van der Waals surface area contributed by atoms with Crippen LogP contribution in [0.2, 0.25) is 0 Å². The number of nitrogens with one attached hydrogen (secondary N) is 1. The molecule has 0 aliphatic heterocycles. The zero-order chi connectivity index (χ0) is 9.14. The van der Waals surface area contributed by atoms with Crippen molar-refractivity contribution in [2.45, 2.75) is 0 Å². The summed E-state index contributed by atoms with van der Waals surface area (Å²) in [6.45, 7) is 0. The molecule has 0 saturated carbocycles. The molecule has 0 saturated heterocycles. The lowest BCUT2D eigenvalue weighted by molar-refractivity contribution is -0.558. The average Bonchev–Trinajstić information content (AvgIpc) is 2.04. The molecule has 0 aliphatic carbocycles. The molecule has 0 radical (unpaired) electrons. The van der Waals surface area contributed by atoms with Crippen LogP contribution in [0.25, 0.3) is 0 Å². The molecule has 0 aliphatic rings. The first-order chi connectivity index (χ1) is 5.61. The second kappa shape index (κ2) is 3.21. The average molecular weight is 165 g/mol. The third-order valence-electron chi connectivity index (χ3n) is 1.61. The highest BCUT2D eigenvalue weighted by atomic mass is 15.1. The maximum atomic E-state index is 7.14. The second-order valence-electron chi connectivity index (χ2n) is 2.74. The van der Waals surface area contributed by atoms with Crippen LogP contribution in [0, 0.1) is 5.41 Å². The standard InChI is InChI=1S/C8H13N4/c1-11(2)7-3-5-12(6-4-7)8(9)10/h3-6H,1-2H3,(H3,9,10)/q+1. The summed E-state index contributed by atoms with van der Waals surface area (Å²) in [5.74, 6) is 0.0281. The van der Waals surface area contributed by atoms with E-state index in [1.807, 2.05) is 31.1 Å². The zero-order valence-electron chi connectivity index (χ0n) is 7.28. The molecule has 0 amide bonds. The van der Waals surface area contributed by atoms with E-state index in [1.165, 1.54) is 0 Å². The molecule has 1 heterocycles. The molecule has 1 rings (SSSR count). The summed E-state index contributed by atoms with van der Waals surface area (Å²) >= 11 is 0. The Kier molecular flexibility index (Phi) is 2.28. The van der Waals surface area contributed by atoms with Crippen LogP contribution in [-0.2, 0) is 0 Å². The van der Waals surface area contributed by atoms with Gasteiger partial charge in [0.05, 0.1) is 12.4 Å². The number of nitrogens with two attached hydrogens (primary N) is 1. The maximum Gasteiger partial charge on any atom is 0.386 e. The van der Waals surface area contributed by atoms with Crippen molar-refractivity contribution in [3.63, 3.8) is 0 Å². The highest BCUT2D eigenvalue weighted by Crippen LogP contribution is 2.05. The van der Waals surface area contributed by atoms with Crippen LogP contribution in [0.5, 0.6) is 0 Å².